The minimum Gasteiger partial charge on any atom is -0.461 e. The van der Waals surface area contributed by atoms with E-state index in [2.05, 4.69) is 19.9 Å². The highest BCUT2D eigenvalue weighted by Crippen LogP contribution is 2.30. The number of rotatable bonds is 9. The summed E-state index contributed by atoms with van der Waals surface area (Å²) in [4.78, 5) is 12.0. The molecule has 0 unspecified atom stereocenters. The van der Waals surface area contributed by atoms with Gasteiger partial charge in [0.2, 0.25) is 0 Å². The molecule has 0 N–H and O–H groups in total. The molecule has 0 aliphatic rings. The van der Waals surface area contributed by atoms with Crippen LogP contribution in [0.3, 0.4) is 0 Å². The molecule has 0 saturated heterocycles. The van der Waals surface area contributed by atoms with Crippen LogP contribution in [0.15, 0.2) is 37.9 Å². The van der Waals surface area contributed by atoms with Crippen LogP contribution < -0.4 is 5.63 Å². The van der Waals surface area contributed by atoms with Gasteiger partial charge >= 0.3 is 5.63 Å². The summed E-state index contributed by atoms with van der Waals surface area (Å²) in [5, 5.41) is 1.97. The zero-order chi connectivity index (χ0) is 17.6. The van der Waals surface area contributed by atoms with Crippen molar-refractivity contribution in [3.8, 4) is 0 Å². The Morgan fingerprint density at radius 1 is 0.800 bits per heavy atom. The fraction of sp³-hybridized carbons (Fsp3) is 0.500. The highest BCUT2D eigenvalue weighted by Gasteiger charge is 2.13. The monoisotopic (exact) mass is 340 g/mol. The summed E-state index contributed by atoms with van der Waals surface area (Å²) in [7, 11) is 0. The maximum atomic E-state index is 12.0. The van der Waals surface area contributed by atoms with Crippen molar-refractivity contribution in [1.82, 2.24) is 0 Å². The van der Waals surface area contributed by atoms with E-state index in [0.717, 1.165) is 53.4 Å². The van der Waals surface area contributed by atoms with Crippen molar-refractivity contribution in [1.29, 1.82) is 0 Å². The van der Waals surface area contributed by atoms with E-state index in [1.54, 1.807) is 6.07 Å². The molecule has 3 nitrogen and oxygen atoms in total. The Morgan fingerprint density at radius 3 is 2.36 bits per heavy atom. The van der Waals surface area contributed by atoms with Crippen molar-refractivity contribution in [3.05, 3.63) is 46.0 Å². The fourth-order valence-corrected chi connectivity index (χ4v) is 3.47. The Bertz CT molecular complexity index is 885. The van der Waals surface area contributed by atoms with Crippen LogP contribution in [-0.4, -0.2) is 0 Å². The molecule has 1 aromatic carbocycles. The second-order valence-corrected chi connectivity index (χ2v) is 6.93. The van der Waals surface area contributed by atoms with Crippen molar-refractivity contribution in [3.63, 3.8) is 0 Å². The van der Waals surface area contributed by atoms with Gasteiger partial charge < -0.3 is 8.83 Å². The summed E-state index contributed by atoms with van der Waals surface area (Å²) in [6, 6.07) is 7.75. The predicted octanol–water partition coefficient (Wildman–Crippen LogP) is 6.39. The number of unbranched alkanes of at least 4 members (excludes halogenated alkanes) is 5. The first-order chi connectivity index (χ1) is 12.2. The molecule has 0 radical (unpaired) electrons. The van der Waals surface area contributed by atoms with Gasteiger partial charge in [0.05, 0.1) is 5.39 Å². The average Bonchev–Trinajstić information content (AvgIpc) is 3.02. The largest absolute Gasteiger partial charge is 0.461 e. The van der Waals surface area contributed by atoms with Gasteiger partial charge in [-0.3, -0.25) is 0 Å². The first kappa shape index (κ1) is 17.8. The van der Waals surface area contributed by atoms with Crippen LogP contribution in [0, 0.1) is 0 Å². The molecule has 0 spiro atoms. The second-order valence-electron chi connectivity index (χ2n) is 6.93. The summed E-state index contributed by atoms with van der Waals surface area (Å²) in [6.07, 6.45) is 10.2. The fourth-order valence-electron chi connectivity index (χ4n) is 3.47. The van der Waals surface area contributed by atoms with Crippen LogP contribution in [0.4, 0.5) is 0 Å². The molecule has 0 atom stereocenters. The van der Waals surface area contributed by atoms with Crippen molar-refractivity contribution < 1.29 is 8.83 Å². The smallest absolute Gasteiger partial charge is 0.336 e. The number of benzene rings is 1. The minimum atomic E-state index is -0.266. The molecular formula is C22H28O3. The van der Waals surface area contributed by atoms with Crippen LogP contribution in [0.5, 0.6) is 0 Å². The highest BCUT2D eigenvalue weighted by atomic mass is 16.4. The van der Waals surface area contributed by atoms with Gasteiger partial charge in [0.25, 0.3) is 0 Å². The van der Waals surface area contributed by atoms with E-state index in [-0.39, 0.29) is 5.63 Å². The van der Waals surface area contributed by atoms with Gasteiger partial charge in [-0.05, 0) is 43.0 Å². The number of fused-ring (bicyclic) bond motifs is 3. The number of hydrogen-bond acceptors (Lipinski definition) is 3. The van der Waals surface area contributed by atoms with Crippen LogP contribution in [-0.2, 0) is 12.8 Å². The summed E-state index contributed by atoms with van der Waals surface area (Å²) in [6.45, 7) is 4.40. The van der Waals surface area contributed by atoms with Crippen molar-refractivity contribution in [2.24, 2.45) is 0 Å². The van der Waals surface area contributed by atoms with Crippen molar-refractivity contribution in [2.75, 3.05) is 0 Å². The molecular weight excluding hydrogens is 312 g/mol. The topological polar surface area (TPSA) is 43.4 Å². The van der Waals surface area contributed by atoms with Gasteiger partial charge in [0.1, 0.15) is 16.9 Å². The molecule has 3 heteroatoms. The van der Waals surface area contributed by atoms with Crippen LogP contribution in [0.2, 0.25) is 0 Å². The van der Waals surface area contributed by atoms with E-state index in [9.17, 15) is 4.79 Å². The summed E-state index contributed by atoms with van der Waals surface area (Å²) < 4.78 is 11.5. The maximum Gasteiger partial charge on any atom is 0.336 e. The Labute approximate surface area is 149 Å². The lowest BCUT2D eigenvalue weighted by atomic mass is 10.0. The Balaban J connectivity index is 1.93. The Morgan fingerprint density at radius 2 is 1.56 bits per heavy atom. The third kappa shape index (κ3) is 4.15. The Hall–Kier alpha value is -2.03. The third-order valence-electron chi connectivity index (χ3n) is 4.87. The molecule has 0 bridgehead atoms. The van der Waals surface area contributed by atoms with Gasteiger partial charge in [0, 0.05) is 17.9 Å². The molecule has 0 aliphatic heterocycles. The van der Waals surface area contributed by atoms with E-state index in [1.807, 2.05) is 12.1 Å². The van der Waals surface area contributed by atoms with Gasteiger partial charge in [-0.15, -0.1) is 0 Å². The Kier molecular flexibility index (Phi) is 5.95. The molecule has 2 heterocycles. The number of hydrogen-bond donors (Lipinski definition) is 0. The van der Waals surface area contributed by atoms with E-state index in [4.69, 9.17) is 8.83 Å². The van der Waals surface area contributed by atoms with Crippen LogP contribution >= 0.6 is 0 Å². The highest BCUT2D eigenvalue weighted by molar-refractivity contribution is 6.03. The molecule has 2 aromatic heterocycles. The second kappa shape index (κ2) is 8.37. The predicted molar refractivity (Wildman–Crippen MR) is 103 cm³/mol. The van der Waals surface area contributed by atoms with Crippen LogP contribution in [0.1, 0.15) is 70.1 Å². The first-order valence-electron chi connectivity index (χ1n) is 9.71. The zero-order valence-corrected chi connectivity index (χ0v) is 15.4. The van der Waals surface area contributed by atoms with Gasteiger partial charge in [0.15, 0.2) is 0 Å². The molecule has 0 saturated carbocycles. The van der Waals surface area contributed by atoms with E-state index < -0.39 is 0 Å². The van der Waals surface area contributed by atoms with Crippen LogP contribution in [0.25, 0.3) is 21.9 Å². The van der Waals surface area contributed by atoms with Gasteiger partial charge in [-0.2, -0.15) is 0 Å². The lowest BCUT2D eigenvalue weighted by Crippen LogP contribution is -2.01. The minimum absolute atomic E-state index is 0.266. The maximum absolute atomic E-state index is 12.0. The summed E-state index contributed by atoms with van der Waals surface area (Å²) in [5.41, 5.74) is 2.32. The summed E-state index contributed by atoms with van der Waals surface area (Å²) in [5.74, 6) is 0.984. The SMILES string of the molecule is CCCCCCc1cc2c(ccc3c(CCCCC)cc(=O)oc32)o1. The van der Waals surface area contributed by atoms with Crippen molar-refractivity contribution >= 4 is 21.9 Å². The zero-order valence-electron chi connectivity index (χ0n) is 15.4. The lowest BCUT2D eigenvalue weighted by Gasteiger charge is -2.05. The first-order valence-corrected chi connectivity index (χ1v) is 9.71. The van der Waals surface area contributed by atoms with Gasteiger partial charge in [-0.1, -0.05) is 46.0 Å². The molecule has 25 heavy (non-hydrogen) atoms. The van der Waals surface area contributed by atoms with E-state index in [0.29, 0.717) is 5.58 Å². The molecule has 3 rings (SSSR count). The number of furan rings is 1. The normalized spacial score (nSPS) is 11.6. The lowest BCUT2D eigenvalue weighted by molar-refractivity contribution is 0.527. The quantitative estimate of drug-likeness (QED) is 0.334. The molecule has 0 fully saturated rings. The average molecular weight is 340 g/mol. The molecule has 0 amide bonds. The molecule has 134 valence electrons. The van der Waals surface area contributed by atoms with E-state index >= 15 is 0 Å². The molecule has 3 aromatic rings. The van der Waals surface area contributed by atoms with Gasteiger partial charge in [-0.25, -0.2) is 4.79 Å². The number of aryl methyl sites for hydroxylation is 2. The third-order valence-corrected chi connectivity index (χ3v) is 4.87. The van der Waals surface area contributed by atoms with E-state index in [1.165, 1.54) is 32.1 Å². The summed E-state index contributed by atoms with van der Waals surface area (Å²) >= 11 is 0. The van der Waals surface area contributed by atoms with Crippen molar-refractivity contribution in [2.45, 2.75) is 71.6 Å². The standard InChI is InChI=1S/C22H28O3/c1-3-5-7-9-11-17-15-19-20(24-17)13-12-18-16(10-8-6-4-2)14-21(23)25-22(18)19/h12-15H,3-11H2,1-2H3. The molecule has 0 aliphatic carbocycles.